The van der Waals surface area contributed by atoms with Crippen molar-refractivity contribution in [2.45, 2.75) is 45.8 Å². The van der Waals surface area contributed by atoms with Crippen LogP contribution in [0, 0.1) is 13.8 Å². The molecule has 0 aliphatic heterocycles. The second-order valence-electron chi connectivity index (χ2n) is 5.27. The topological polar surface area (TPSA) is 55.5 Å². The third kappa shape index (κ3) is 4.75. The van der Waals surface area contributed by atoms with Gasteiger partial charge in [0.25, 0.3) is 0 Å². The zero-order valence-corrected chi connectivity index (χ0v) is 11.2. The van der Waals surface area contributed by atoms with Gasteiger partial charge in [0.05, 0.1) is 12.7 Å². The lowest BCUT2D eigenvalue weighted by atomic mass is 9.97. The predicted octanol–water partition coefficient (Wildman–Crippen LogP) is 2.17. The maximum atomic E-state index is 9.12. The summed E-state index contributed by atoms with van der Waals surface area (Å²) in [5.41, 5.74) is 7.69. The van der Waals surface area contributed by atoms with Crippen LogP contribution in [0.5, 0.6) is 5.75 Å². The van der Waals surface area contributed by atoms with E-state index in [0.717, 1.165) is 5.75 Å². The number of benzene rings is 1. The molecular formula is C14H23NO2. The lowest BCUT2D eigenvalue weighted by molar-refractivity contribution is 0.133. The minimum atomic E-state index is -0.585. The average Bonchev–Trinajstić information content (AvgIpc) is 2.14. The average molecular weight is 237 g/mol. The summed E-state index contributed by atoms with van der Waals surface area (Å²) in [6.45, 7) is 7.86. The molecule has 0 aliphatic rings. The number of aryl methyl sites for hydroxylation is 2. The molecule has 0 heterocycles. The minimum absolute atomic E-state index is 0.0154. The molecule has 0 saturated heterocycles. The van der Waals surface area contributed by atoms with Gasteiger partial charge in [0.1, 0.15) is 5.75 Å². The Morgan fingerprint density at radius 2 is 1.82 bits per heavy atom. The fraction of sp³-hybridized carbons (Fsp3) is 0.571. The Morgan fingerprint density at radius 1 is 1.29 bits per heavy atom. The first-order valence-electron chi connectivity index (χ1n) is 5.97. The molecule has 1 aromatic carbocycles. The highest BCUT2D eigenvalue weighted by Gasteiger charge is 2.21. The van der Waals surface area contributed by atoms with Gasteiger partial charge in [-0.05, 0) is 51.0 Å². The summed E-state index contributed by atoms with van der Waals surface area (Å²) in [6, 6.07) is 6.13. The predicted molar refractivity (Wildman–Crippen MR) is 70.3 cm³/mol. The molecule has 3 heteroatoms. The van der Waals surface area contributed by atoms with E-state index >= 15 is 0 Å². The molecule has 0 aromatic heterocycles. The van der Waals surface area contributed by atoms with Crippen molar-refractivity contribution in [2.24, 2.45) is 5.73 Å². The van der Waals surface area contributed by atoms with E-state index in [2.05, 4.69) is 6.07 Å². The summed E-state index contributed by atoms with van der Waals surface area (Å²) < 4.78 is 5.82. The van der Waals surface area contributed by atoms with E-state index in [1.807, 2.05) is 39.8 Å². The van der Waals surface area contributed by atoms with Crippen molar-refractivity contribution in [1.82, 2.24) is 0 Å². The lowest BCUT2D eigenvalue weighted by Crippen LogP contribution is -2.43. The van der Waals surface area contributed by atoms with Gasteiger partial charge in [0, 0.05) is 12.0 Å². The van der Waals surface area contributed by atoms with E-state index in [4.69, 9.17) is 15.6 Å². The highest BCUT2D eigenvalue weighted by atomic mass is 16.5. The molecule has 0 fully saturated rings. The maximum Gasteiger partial charge on any atom is 0.120 e. The first-order valence-corrected chi connectivity index (χ1v) is 5.97. The summed E-state index contributed by atoms with van der Waals surface area (Å²) in [4.78, 5) is 0. The standard InChI is InChI=1S/C14H23NO2/c1-10-5-11(2)7-13(6-10)17-12(3)8-14(4,15)9-16/h5-7,12,16H,8-9,15H2,1-4H3. The highest BCUT2D eigenvalue weighted by Crippen LogP contribution is 2.20. The van der Waals surface area contributed by atoms with Crippen LogP contribution in [0.1, 0.15) is 31.4 Å². The Balaban J connectivity index is 2.65. The van der Waals surface area contributed by atoms with Gasteiger partial charge >= 0.3 is 0 Å². The Hall–Kier alpha value is -1.06. The van der Waals surface area contributed by atoms with Crippen LogP contribution in [0.4, 0.5) is 0 Å². The van der Waals surface area contributed by atoms with Crippen molar-refractivity contribution in [3.63, 3.8) is 0 Å². The summed E-state index contributed by atoms with van der Waals surface area (Å²) in [5, 5.41) is 9.12. The first kappa shape index (κ1) is 14.0. The zero-order valence-electron chi connectivity index (χ0n) is 11.2. The van der Waals surface area contributed by atoms with Gasteiger partial charge < -0.3 is 15.6 Å². The Kier molecular flexibility index (Phi) is 4.54. The molecule has 1 aromatic rings. The van der Waals surface area contributed by atoms with Crippen molar-refractivity contribution < 1.29 is 9.84 Å². The van der Waals surface area contributed by atoms with Crippen LogP contribution >= 0.6 is 0 Å². The van der Waals surface area contributed by atoms with Crippen molar-refractivity contribution in [1.29, 1.82) is 0 Å². The molecule has 2 atom stereocenters. The highest BCUT2D eigenvalue weighted by molar-refractivity contribution is 5.33. The summed E-state index contributed by atoms with van der Waals surface area (Å²) in [7, 11) is 0. The molecule has 3 N–H and O–H groups in total. The summed E-state index contributed by atoms with van der Waals surface area (Å²) in [6.07, 6.45) is 0.606. The molecule has 0 amide bonds. The van der Waals surface area contributed by atoms with Crippen molar-refractivity contribution in [3.8, 4) is 5.75 Å². The fourth-order valence-electron chi connectivity index (χ4n) is 2.00. The first-order chi connectivity index (χ1) is 7.82. The Bertz CT molecular complexity index is 354. The van der Waals surface area contributed by atoms with Crippen molar-refractivity contribution >= 4 is 0 Å². The second-order valence-corrected chi connectivity index (χ2v) is 5.27. The number of hydrogen-bond acceptors (Lipinski definition) is 3. The molecule has 0 aliphatic carbocycles. The molecule has 0 bridgehead atoms. The smallest absolute Gasteiger partial charge is 0.120 e. The van der Waals surface area contributed by atoms with E-state index in [0.29, 0.717) is 6.42 Å². The van der Waals surface area contributed by atoms with Crippen LogP contribution in [-0.4, -0.2) is 23.4 Å². The van der Waals surface area contributed by atoms with Crippen LogP contribution in [0.2, 0.25) is 0 Å². The molecule has 2 unspecified atom stereocenters. The number of hydrogen-bond donors (Lipinski definition) is 2. The SMILES string of the molecule is Cc1cc(C)cc(OC(C)CC(C)(N)CO)c1. The molecule has 0 spiro atoms. The third-order valence-corrected chi connectivity index (χ3v) is 2.65. The maximum absolute atomic E-state index is 9.12. The van der Waals surface area contributed by atoms with Crippen LogP contribution in [0.15, 0.2) is 18.2 Å². The Morgan fingerprint density at radius 3 is 2.29 bits per heavy atom. The molecule has 1 rings (SSSR count). The quantitative estimate of drug-likeness (QED) is 0.825. The minimum Gasteiger partial charge on any atom is -0.491 e. The van der Waals surface area contributed by atoms with Gasteiger partial charge in [-0.25, -0.2) is 0 Å². The molecular weight excluding hydrogens is 214 g/mol. The molecule has 96 valence electrons. The normalized spacial score (nSPS) is 16.4. The van der Waals surface area contributed by atoms with Gasteiger partial charge in [-0.2, -0.15) is 0 Å². The monoisotopic (exact) mass is 237 g/mol. The molecule has 3 nitrogen and oxygen atoms in total. The van der Waals surface area contributed by atoms with Crippen molar-refractivity contribution in [3.05, 3.63) is 29.3 Å². The fourth-order valence-corrected chi connectivity index (χ4v) is 2.00. The number of rotatable bonds is 5. The van der Waals surface area contributed by atoms with Gasteiger partial charge in [0.15, 0.2) is 0 Å². The van der Waals surface area contributed by atoms with Gasteiger partial charge in [-0.15, -0.1) is 0 Å². The van der Waals surface area contributed by atoms with Crippen LogP contribution in [0.25, 0.3) is 0 Å². The molecule has 17 heavy (non-hydrogen) atoms. The van der Waals surface area contributed by atoms with E-state index in [1.165, 1.54) is 11.1 Å². The lowest BCUT2D eigenvalue weighted by Gasteiger charge is -2.26. The van der Waals surface area contributed by atoms with Gasteiger partial charge in [-0.3, -0.25) is 0 Å². The van der Waals surface area contributed by atoms with Crippen LogP contribution < -0.4 is 10.5 Å². The van der Waals surface area contributed by atoms with E-state index in [1.54, 1.807) is 0 Å². The van der Waals surface area contributed by atoms with E-state index in [9.17, 15) is 0 Å². The second kappa shape index (κ2) is 5.52. The number of ether oxygens (including phenoxy) is 1. The Labute approximate surface area is 104 Å². The zero-order chi connectivity index (χ0) is 13.1. The van der Waals surface area contributed by atoms with Gasteiger partial charge in [-0.1, -0.05) is 6.07 Å². The molecule has 0 radical (unpaired) electrons. The van der Waals surface area contributed by atoms with Crippen LogP contribution in [-0.2, 0) is 0 Å². The van der Waals surface area contributed by atoms with Crippen LogP contribution in [0.3, 0.4) is 0 Å². The van der Waals surface area contributed by atoms with E-state index in [-0.39, 0.29) is 12.7 Å². The number of aliphatic hydroxyl groups excluding tert-OH is 1. The summed E-state index contributed by atoms with van der Waals surface area (Å²) >= 11 is 0. The number of aliphatic hydroxyl groups is 1. The number of nitrogens with two attached hydrogens (primary N) is 1. The van der Waals surface area contributed by atoms with E-state index < -0.39 is 5.54 Å². The largest absolute Gasteiger partial charge is 0.491 e. The third-order valence-electron chi connectivity index (χ3n) is 2.65. The van der Waals surface area contributed by atoms with Crippen molar-refractivity contribution in [2.75, 3.05) is 6.61 Å². The van der Waals surface area contributed by atoms with Gasteiger partial charge in [0.2, 0.25) is 0 Å². The summed E-state index contributed by atoms with van der Waals surface area (Å²) in [5.74, 6) is 0.865. The molecule has 0 saturated carbocycles.